The number of aromatic nitrogens is 1. The lowest BCUT2D eigenvalue weighted by molar-refractivity contribution is -0.144. The van der Waals surface area contributed by atoms with Gasteiger partial charge in [-0.1, -0.05) is 12.5 Å². The van der Waals surface area contributed by atoms with Gasteiger partial charge in [-0.15, -0.1) is 0 Å². The lowest BCUT2D eigenvalue weighted by Crippen LogP contribution is -2.37. The van der Waals surface area contributed by atoms with E-state index in [1.54, 1.807) is 24.4 Å². The Hall–Kier alpha value is -3.13. The van der Waals surface area contributed by atoms with Gasteiger partial charge in [0.2, 0.25) is 5.91 Å². The highest BCUT2D eigenvalue weighted by molar-refractivity contribution is 6.03. The SMILES string of the molecule is O=C(O)/C=C/C(=O)Nc1ccc2c([C@H](C(=O)O)N3CCCCC3)c[nH]c2c1. The first-order valence-electron chi connectivity index (χ1n) is 8.75. The molecule has 2 aromatic rings. The molecule has 0 saturated carbocycles. The van der Waals surface area contributed by atoms with Crippen LogP contribution in [0.3, 0.4) is 0 Å². The van der Waals surface area contributed by atoms with Crippen LogP contribution in [0.2, 0.25) is 0 Å². The Bertz CT molecular complexity index is 896. The highest BCUT2D eigenvalue weighted by Crippen LogP contribution is 2.31. The van der Waals surface area contributed by atoms with Crippen molar-refractivity contribution in [1.82, 2.24) is 9.88 Å². The average Bonchev–Trinajstić information content (AvgIpc) is 3.04. The maximum Gasteiger partial charge on any atom is 0.328 e. The van der Waals surface area contributed by atoms with E-state index in [-0.39, 0.29) is 0 Å². The number of aromatic amines is 1. The molecule has 0 aliphatic carbocycles. The molecule has 3 rings (SSSR count). The summed E-state index contributed by atoms with van der Waals surface area (Å²) in [6.45, 7) is 1.52. The molecular weight excluding hydrogens is 350 g/mol. The molecule has 8 heteroatoms. The van der Waals surface area contributed by atoms with Gasteiger partial charge in [0, 0.05) is 40.5 Å². The van der Waals surface area contributed by atoms with Crippen LogP contribution >= 0.6 is 0 Å². The van der Waals surface area contributed by atoms with Gasteiger partial charge in [0.05, 0.1) is 0 Å². The number of amides is 1. The molecule has 0 unspecified atom stereocenters. The number of nitrogens with zero attached hydrogens (tertiary/aromatic N) is 1. The van der Waals surface area contributed by atoms with Crippen LogP contribution in [0, 0.1) is 0 Å². The zero-order chi connectivity index (χ0) is 19.4. The van der Waals surface area contributed by atoms with Crippen molar-refractivity contribution in [2.45, 2.75) is 25.3 Å². The molecule has 142 valence electrons. The van der Waals surface area contributed by atoms with Gasteiger partial charge in [-0.25, -0.2) is 4.79 Å². The van der Waals surface area contributed by atoms with E-state index in [4.69, 9.17) is 5.11 Å². The van der Waals surface area contributed by atoms with E-state index in [0.29, 0.717) is 16.8 Å². The van der Waals surface area contributed by atoms with Gasteiger partial charge in [0.1, 0.15) is 6.04 Å². The predicted octanol–water partition coefficient (Wildman–Crippen LogP) is 2.36. The molecule has 0 radical (unpaired) electrons. The highest BCUT2D eigenvalue weighted by Gasteiger charge is 2.30. The number of aliphatic carboxylic acids is 2. The largest absolute Gasteiger partial charge is 0.480 e. The summed E-state index contributed by atoms with van der Waals surface area (Å²) in [6.07, 6.45) is 6.50. The van der Waals surface area contributed by atoms with Crippen LogP contribution in [0.1, 0.15) is 30.9 Å². The molecule has 2 heterocycles. The number of carboxylic acids is 2. The molecule has 0 spiro atoms. The Kier molecular flexibility index (Phi) is 5.56. The molecule has 27 heavy (non-hydrogen) atoms. The number of H-pyrrole nitrogens is 1. The summed E-state index contributed by atoms with van der Waals surface area (Å²) in [5, 5.41) is 21.7. The number of likely N-dealkylation sites (tertiary alicyclic amines) is 1. The van der Waals surface area contributed by atoms with Crippen molar-refractivity contribution in [2.24, 2.45) is 0 Å². The van der Waals surface area contributed by atoms with Crippen molar-refractivity contribution in [2.75, 3.05) is 18.4 Å². The van der Waals surface area contributed by atoms with Gasteiger partial charge in [0.25, 0.3) is 0 Å². The summed E-state index contributed by atoms with van der Waals surface area (Å²) in [5.74, 6) is -2.64. The molecule has 1 aromatic carbocycles. The van der Waals surface area contributed by atoms with Crippen molar-refractivity contribution < 1.29 is 24.6 Å². The fourth-order valence-electron chi connectivity index (χ4n) is 3.45. The minimum absolute atomic E-state index is 0.487. The lowest BCUT2D eigenvalue weighted by atomic mass is 10.0. The van der Waals surface area contributed by atoms with Crippen molar-refractivity contribution >= 4 is 34.4 Å². The monoisotopic (exact) mass is 371 g/mol. The van der Waals surface area contributed by atoms with E-state index in [1.165, 1.54) is 0 Å². The molecule has 1 amide bonds. The number of piperidine rings is 1. The second-order valence-corrected chi connectivity index (χ2v) is 6.50. The second-order valence-electron chi connectivity index (χ2n) is 6.50. The highest BCUT2D eigenvalue weighted by atomic mass is 16.4. The molecule has 1 aliphatic heterocycles. The second kappa shape index (κ2) is 8.05. The summed E-state index contributed by atoms with van der Waals surface area (Å²) in [7, 11) is 0. The fourth-order valence-corrected chi connectivity index (χ4v) is 3.45. The Morgan fingerprint density at radius 1 is 1.11 bits per heavy atom. The zero-order valence-electron chi connectivity index (χ0n) is 14.6. The van der Waals surface area contributed by atoms with Crippen LogP contribution in [0.25, 0.3) is 10.9 Å². The standard InChI is InChI=1S/C19H21N3O5/c23-16(6-7-17(24)25)21-12-4-5-13-14(11-20-15(13)10-12)18(19(26)27)22-8-2-1-3-9-22/h4-7,10-11,18,20H,1-3,8-9H2,(H,21,23)(H,24,25)(H,26,27)/b7-6+/t18-/m1/s1. The van der Waals surface area contributed by atoms with Gasteiger partial charge in [-0.3, -0.25) is 14.5 Å². The maximum atomic E-state index is 11.9. The molecule has 0 bridgehead atoms. The number of carbonyl (C=O) groups is 3. The number of fused-ring (bicyclic) bond motifs is 1. The normalized spacial score (nSPS) is 16.4. The van der Waals surface area contributed by atoms with Crippen molar-refractivity contribution in [3.05, 3.63) is 42.1 Å². The van der Waals surface area contributed by atoms with Crippen molar-refractivity contribution in [3.8, 4) is 0 Å². The molecule has 1 aliphatic rings. The maximum absolute atomic E-state index is 11.9. The van der Waals surface area contributed by atoms with Crippen LogP contribution in [0.5, 0.6) is 0 Å². The number of carboxylic acid groups (broad SMARTS) is 2. The van der Waals surface area contributed by atoms with Gasteiger partial charge in [-0.2, -0.15) is 0 Å². The molecule has 1 aromatic heterocycles. The lowest BCUT2D eigenvalue weighted by Gasteiger charge is -2.31. The first-order valence-corrected chi connectivity index (χ1v) is 8.75. The quantitative estimate of drug-likeness (QED) is 0.578. The first-order chi connectivity index (χ1) is 13.0. The summed E-state index contributed by atoms with van der Waals surface area (Å²) in [6, 6.07) is 4.41. The van der Waals surface area contributed by atoms with E-state index in [0.717, 1.165) is 49.9 Å². The Morgan fingerprint density at radius 2 is 1.85 bits per heavy atom. The van der Waals surface area contributed by atoms with Crippen molar-refractivity contribution in [1.29, 1.82) is 0 Å². The molecular formula is C19H21N3O5. The Labute approximate surface area is 155 Å². The van der Waals surface area contributed by atoms with E-state index in [2.05, 4.69) is 10.3 Å². The number of carbonyl (C=O) groups excluding carboxylic acids is 1. The van der Waals surface area contributed by atoms with Crippen LogP contribution in [0.15, 0.2) is 36.5 Å². The summed E-state index contributed by atoms with van der Waals surface area (Å²) >= 11 is 0. The van der Waals surface area contributed by atoms with E-state index in [9.17, 15) is 19.5 Å². The molecule has 1 fully saturated rings. The predicted molar refractivity (Wildman–Crippen MR) is 99.5 cm³/mol. The van der Waals surface area contributed by atoms with Gasteiger partial charge >= 0.3 is 11.9 Å². The Morgan fingerprint density at radius 3 is 2.52 bits per heavy atom. The Balaban J connectivity index is 1.85. The van der Waals surface area contributed by atoms with E-state index in [1.807, 2.05) is 4.90 Å². The number of hydrogen-bond donors (Lipinski definition) is 4. The van der Waals surface area contributed by atoms with Gasteiger partial charge in [0.15, 0.2) is 0 Å². The molecule has 1 atom stereocenters. The van der Waals surface area contributed by atoms with E-state index >= 15 is 0 Å². The smallest absolute Gasteiger partial charge is 0.328 e. The number of anilines is 1. The van der Waals surface area contributed by atoms with Crippen molar-refractivity contribution in [3.63, 3.8) is 0 Å². The topological polar surface area (TPSA) is 123 Å². The van der Waals surface area contributed by atoms with Crippen LogP contribution in [-0.2, 0) is 14.4 Å². The fraction of sp³-hybridized carbons (Fsp3) is 0.316. The molecule has 1 saturated heterocycles. The van der Waals surface area contributed by atoms with Gasteiger partial charge < -0.3 is 20.5 Å². The number of hydrogen-bond acceptors (Lipinski definition) is 4. The number of rotatable bonds is 6. The summed E-state index contributed by atoms with van der Waals surface area (Å²) < 4.78 is 0. The third-order valence-electron chi connectivity index (χ3n) is 4.64. The average molecular weight is 371 g/mol. The molecule has 4 N–H and O–H groups in total. The third kappa shape index (κ3) is 4.35. The summed E-state index contributed by atoms with van der Waals surface area (Å²) in [4.78, 5) is 39.1. The minimum atomic E-state index is -1.20. The van der Waals surface area contributed by atoms with E-state index < -0.39 is 23.9 Å². The van der Waals surface area contributed by atoms with Crippen LogP contribution in [0.4, 0.5) is 5.69 Å². The first kappa shape index (κ1) is 18.7. The van der Waals surface area contributed by atoms with Crippen LogP contribution < -0.4 is 5.32 Å². The van der Waals surface area contributed by atoms with Crippen LogP contribution in [-0.4, -0.2) is 51.0 Å². The van der Waals surface area contributed by atoms with Gasteiger partial charge in [-0.05, 0) is 38.1 Å². The zero-order valence-corrected chi connectivity index (χ0v) is 14.6. The number of nitrogens with one attached hydrogen (secondary N) is 2. The number of benzene rings is 1. The third-order valence-corrected chi connectivity index (χ3v) is 4.64. The summed E-state index contributed by atoms with van der Waals surface area (Å²) in [5.41, 5.74) is 1.89. The molecule has 8 nitrogen and oxygen atoms in total. The minimum Gasteiger partial charge on any atom is -0.480 e.